The smallest absolute Gasteiger partial charge is 1.00 e. The van der Waals surface area contributed by atoms with Gasteiger partial charge in [-0.2, -0.15) is 0 Å². The van der Waals surface area contributed by atoms with Gasteiger partial charge in [0, 0.05) is 37.9 Å². The monoisotopic (exact) mass is 456 g/mol. The van der Waals surface area contributed by atoms with E-state index in [1.807, 2.05) is 57.9 Å². The zero-order valence-electron chi connectivity index (χ0n) is 19.5. The second kappa shape index (κ2) is 15.3. The number of carbonyl (C=O) groups is 1. The number of aliphatic hydroxyl groups is 1. The number of ether oxygens (including phenoxy) is 1. The molecule has 4 rings (SSSR count). The van der Waals surface area contributed by atoms with Gasteiger partial charge in [-0.15, -0.1) is 0 Å². The first-order valence-corrected chi connectivity index (χ1v) is 10.0. The molecule has 0 aliphatic carbocycles. The second-order valence-corrected chi connectivity index (χ2v) is 6.86. The van der Waals surface area contributed by atoms with Crippen molar-refractivity contribution in [2.75, 3.05) is 6.61 Å². The normalized spacial score (nSPS) is 9.64. The first-order chi connectivity index (χ1) is 15.2. The average molecular weight is 456 g/mol. The third-order valence-electron chi connectivity index (χ3n) is 4.52. The summed E-state index contributed by atoms with van der Waals surface area (Å²) in [6.07, 6.45) is 10.9. The van der Waals surface area contributed by atoms with E-state index in [1.165, 1.54) is 5.56 Å². The molecule has 0 saturated heterocycles. The van der Waals surface area contributed by atoms with Crippen LogP contribution in [0.1, 0.15) is 35.4 Å². The molecule has 0 aliphatic rings. The van der Waals surface area contributed by atoms with Crippen molar-refractivity contribution >= 4 is 23.3 Å². The van der Waals surface area contributed by atoms with E-state index < -0.39 is 0 Å². The Hall–Kier alpha value is -2.58. The molecule has 1 N–H and O–H groups in total. The van der Waals surface area contributed by atoms with Crippen LogP contribution in [0.4, 0.5) is 0 Å². The van der Waals surface area contributed by atoms with Crippen molar-refractivity contribution in [2.45, 2.75) is 26.6 Å². The maximum Gasteiger partial charge on any atom is 1.00 e. The van der Waals surface area contributed by atoms with Gasteiger partial charge in [0.1, 0.15) is 0 Å². The van der Waals surface area contributed by atoms with Gasteiger partial charge >= 0.3 is 24.8 Å². The van der Waals surface area contributed by atoms with Crippen molar-refractivity contribution in [3.05, 3.63) is 108 Å². The quantitative estimate of drug-likeness (QED) is 0.299. The van der Waals surface area contributed by atoms with E-state index in [9.17, 15) is 4.79 Å². The van der Waals surface area contributed by atoms with Gasteiger partial charge < -0.3 is 20.4 Å². The molecule has 7 nitrogen and oxygen atoms in total. The average Bonchev–Trinajstić information content (AvgIpc) is 3.50. The SMILES string of the molecule is CCOC(=O)c1ccc(Cn2ccnc2)cc1.OCc1ccc(Cn2ccnc2)cc1.[AlH3].[H-].[Li+]. The van der Waals surface area contributed by atoms with Crippen LogP contribution >= 0.6 is 0 Å². The van der Waals surface area contributed by atoms with E-state index in [-0.39, 0.29) is 50.2 Å². The molecule has 0 amide bonds. The predicted octanol–water partition coefficient (Wildman–Crippen LogP) is -0.536. The Morgan fingerprint density at radius 2 is 1.33 bits per heavy atom. The number of nitrogens with zero attached hydrogens (tertiary/aromatic N) is 4. The van der Waals surface area contributed by atoms with Crippen LogP contribution in [-0.2, 0) is 24.4 Å². The van der Waals surface area contributed by atoms with Crippen molar-refractivity contribution in [1.82, 2.24) is 19.1 Å². The van der Waals surface area contributed by atoms with Gasteiger partial charge in [-0.05, 0) is 35.7 Å². The van der Waals surface area contributed by atoms with Crippen molar-refractivity contribution in [2.24, 2.45) is 0 Å². The van der Waals surface area contributed by atoms with E-state index in [2.05, 4.69) is 9.97 Å². The molecular weight excluding hydrogens is 426 g/mol. The third kappa shape index (κ3) is 9.43. The van der Waals surface area contributed by atoms with E-state index in [0.29, 0.717) is 12.2 Å². The summed E-state index contributed by atoms with van der Waals surface area (Å²) in [6, 6.07) is 15.3. The Morgan fingerprint density at radius 1 is 0.879 bits per heavy atom. The maximum atomic E-state index is 11.4. The summed E-state index contributed by atoms with van der Waals surface area (Å²) in [4.78, 5) is 19.4. The van der Waals surface area contributed by atoms with Crippen molar-refractivity contribution in [3.63, 3.8) is 0 Å². The van der Waals surface area contributed by atoms with Gasteiger partial charge in [0.2, 0.25) is 0 Å². The fourth-order valence-corrected chi connectivity index (χ4v) is 2.89. The Bertz CT molecular complexity index is 1050. The van der Waals surface area contributed by atoms with Crippen LogP contribution in [0.5, 0.6) is 0 Å². The molecule has 0 aliphatic heterocycles. The summed E-state index contributed by atoms with van der Waals surface area (Å²) >= 11 is 0. The number of benzene rings is 2. The van der Waals surface area contributed by atoms with Gasteiger partial charge in [-0.3, -0.25) is 0 Å². The molecule has 2 aromatic heterocycles. The molecule has 2 aromatic carbocycles. The zero-order valence-corrected chi connectivity index (χ0v) is 18.5. The molecule has 4 aromatic rings. The zero-order chi connectivity index (χ0) is 21.9. The summed E-state index contributed by atoms with van der Waals surface area (Å²) in [6.45, 7) is 3.88. The van der Waals surface area contributed by atoms with Crippen LogP contribution in [0, 0.1) is 0 Å². The summed E-state index contributed by atoms with van der Waals surface area (Å²) in [7, 11) is 0. The number of aliphatic hydroxyl groups excluding tert-OH is 1. The Morgan fingerprint density at radius 3 is 1.73 bits per heavy atom. The van der Waals surface area contributed by atoms with Crippen LogP contribution in [-0.4, -0.2) is 54.1 Å². The van der Waals surface area contributed by atoms with Gasteiger partial charge in [0.05, 0.1) is 31.4 Å². The number of imidazole rings is 2. The minimum absolute atomic E-state index is 0. The van der Waals surface area contributed by atoms with E-state index >= 15 is 0 Å². The third-order valence-corrected chi connectivity index (χ3v) is 4.52. The molecule has 0 radical (unpaired) electrons. The molecular formula is C24H30AlLiN4O3. The summed E-state index contributed by atoms with van der Waals surface area (Å²) in [5.74, 6) is -0.276. The molecule has 0 bridgehead atoms. The van der Waals surface area contributed by atoms with Crippen LogP contribution < -0.4 is 18.9 Å². The first kappa shape index (κ1) is 28.5. The minimum Gasteiger partial charge on any atom is -1.00 e. The standard InChI is InChI=1S/C13H14N2O2.C11H12N2O.Al.Li.4H/c1-2-17-13(16)12-5-3-11(4-6-12)9-15-8-7-14-10-15;14-8-11-3-1-10(2-4-11)7-13-6-5-12-9-13;;;;;;/h3-8,10H,2,9H2,1H3;1-6,9,14H,7-8H2;;;;;;/q;;;+1;;;;-1. The number of carbonyl (C=O) groups excluding carboxylic acids is 1. The molecule has 0 spiro atoms. The molecule has 2 heterocycles. The largest absolute Gasteiger partial charge is 1.00 e. The Labute approximate surface area is 218 Å². The summed E-state index contributed by atoms with van der Waals surface area (Å²) < 4.78 is 8.90. The molecule has 0 fully saturated rings. The van der Waals surface area contributed by atoms with Gasteiger partial charge in [0.25, 0.3) is 0 Å². The van der Waals surface area contributed by atoms with E-state index in [1.54, 1.807) is 44.1 Å². The Kier molecular flexibility index (Phi) is 13.2. The first-order valence-electron chi connectivity index (χ1n) is 10.0. The number of esters is 1. The second-order valence-electron chi connectivity index (χ2n) is 6.86. The number of hydrogen-bond donors (Lipinski definition) is 1. The summed E-state index contributed by atoms with van der Waals surface area (Å²) in [5.41, 5.74) is 3.86. The summed E-state index contributed by atoms with van der Waals surface area (Å²) in [5, 5.41) is 8.87. The van der Waals surface area contributed by atoms with Crippen LogP contribution in [0.3, 0.4) is 0 Å². The van der Waals surface area contributed by atoms with E-state index in [0.717, 1.165) is 24.2 Å². The van der Waals surface area contributed by atoms with Crippen molar-refractivity contribution in [1.29, 1.82) is 0 Å². The van der Waals surface area contributed by atoms with Crippen LogP contribution in [0.15, 0.2) is 86.0 Å². The van der Waals surface area contributed by atoms with Crippen molar-refractivity contribution in [3.8, 4) is 0 Å². The molecule has 33 heavy (non-hydrogen) atoms. The number of rotatable bonds is 7. The predicted molar refractivity (Wildman–Crippen MR) is 128 cm³/mol. The molecule has 168 valence electrons. The fourth-order valence-electron chi connectivity index (χ4n) is 2.89. The molecule has 0 atom stereocenters. The fraction of sp³-hybridized carbons (Fsp3) is 0.208. The number of aromatic nitrogens is 4. The molecule has 0 unspecified atom stereocenters. The van der Waals surface area contributed by atoms with Gasteiger partial charge in [-0.1, -0.05) is 36.4 Å². The molecule has 0 saturated carbocycles. The van der Waals surface area contributed by atoms with E-state index in [4.69, 9.17) is 9.84 Å². The minimum atomic E-state index is -0.276. The maximum absolute atomic E-state index is 11.4. The Balaban J connectivity index is 0.000000597. The topological polar surface area (TPSA) is 82.2 Å². The van der Waals surface area contributed by atoms with Crippen molar-refractivity contribution < 1.29 is 34.9 Å². The molecule has 9 heteroatoms. The number of hydrogen-bond acceptors (Lipinski definition) is 5. The van der Waals surface area contributed by atoms with Gasteiger partial charge in [0.15, 0.2) is 17.4 Å². The van der Waals surface area contributed by atoms with Gasteiger partial charge in [-0.25, -0.2) is 14.8 Å². The van der Waals surface area contributed by atoms with Crippen LogP contribution in [0.2, 0.25) is 0 Å². The van der Waals surface area contributed by atoms with Crippen LogP contribution in [0.25, 0.3) is 0 Å².